The van der Waals surface area contributed by atoms with Crippen LogP contribution in [0.25, 0.3) is 11.3 Å². The van der Waals surface area contributed by atoms with E-state index in [0.717, 1.165) is 5.56 Å². The SMILES string of the molecule is Cn1ccc(NC(=O)CCc2ncc(-c3ccccc3Cl)o2)n1. The number of nitrogens with zero attached hydrogens (tertiary/aromatic N) is 3. The zero-order chi connectivity index (χ0) is 16.2. The molecule has 0 atom stereocenters. The third-order valence-electron chi connectivity index (χ3n) is 3.24. The van der Waals surface area contributed by atoms with Gasteiger partial charge in [-0.1, -0.05) is 23.7 Å². The number of aryl methyl sites for hydroxylation is 2. The van der Waals surface area contributed by atoms with Gasteiger partial charge in [0, 0.05) is 37.7 Å². The van der Waals surface area contributed by atoms with Gasteiger partial charge in [-0.15, -0.1) is 0 Å². The van der Waals surface area contributed by atoms with Crippen LogP contribution in [0.5, 0.6) is 0 Å². The highest BCUT2D eigenvalue weighted by Gasteiger charge is 2.11. The third kappa shape index (κ3) is 3.78. The van der Waals surface area contributed by atoms with Crippen molar-refractivity contribution in [3.8, 4) is 11.3 Å². The van der Waals surface area contributed by atoms with E-state index in [4.69, 9.17) is 16.0 Å². The number of carbonyl (C=O) groups is 1. The van der Waals surface area contributed by atoms with E-state index in [1.165, 1.54) is 0 Å². The summed E-state index contributed by atoms with van der Waals surface area (Å²) in [6, 6.07) is 9.12. The van der Waals surface area contributed by atoms with Gasteiger partial charge in [-0.3, -0.25) is 9.48 Å². The maximum Gasteiger partial charge on any atom is 0.226 e. The maximum absolute atomic E-state index is 11.9. The summed E-state index contributed by atoms with van der Waals surface area (Å²) in [5.74, 6) is 1.48. The molecule has 118 valence electrons. The van der Waals surface area contributed by atoms with Gasteiger partial charge in [-0.05, 0) is 12.1 Å². The summed E-state index contributed by atoms with van der Waals surface area (Å²) in [6.45, 7) is 0. The Hall–Kier alpha value is -2.60. The van der Waals surface area contributed by atoms with Crippen molar-refractivity contribution < 1.29 is 9.21 Å². The molecule has 6 nitrogen and oxygen atoms in total. The van der Waals surface area contributed by atoms with Crippen LogP contribution in [-0.2, 0) is 18.3 Å². The smallest absolute Gasteiger partial charge is 0.226 e. The summed E-state index contributed by atoms with van der Waals surface area (Å²) < 4.78 is 7.28. The second kappa shape index (κ2) is 6.66. The largest absolute Gasteiger partial charge is 0.441 e. The van der Waals surface area contributed by atoms with Crippen LogP contribution in [0.3, 0.4) is 0 Å². The third-order valence-corrected chi connectivity index (χ3v) is 3.57. The molecule has 2 heterocycles. The Morgan fingerprint density at radius 1 is 1.35 bits per heavy atom. The number of nitrogens with one attached hydrogen (secondary N) is 1. The first-order chi connectivity index (χ1) is 11.1. The molecule has 0 saturated heterocycles. The number of amides is 1. The molecule has 0 aliphatic carbocycles. The van der Waals surface area contributed by atoms with Gasteiger partial charge in [0.15, 0.2) is 17.5 Å². The molecule has 7 heteroatoms. The van der Waals surface area contributed by atoms with Crippen molar-refractivity contribution in [1.82, 2.24) is 14.8 Å². The Morgan fingerprint density at radius 2 is 2.17 bits per heavy atom. The maximum atomic E-state index is 11.9. The number of anilines is 1. The van der Waals surface area contributed by atoms with E-state index in [-0.39, 0.29) is 12.3 Å². The Labute approximate surface area is 138 Å². The lowest BCUT2D eigenvalue weighted by Crippen LogP contribution is -2.13. The summed E-state index contributed by atoms with van der Waals surface area (Å²) in [5, 5.41) is 7.41. The Bertz CT molecular complexity index is 825. The molecule has 0 unspecified atom stereocenters. The zero-order valence-electron chi connectivity index (χ0n) is 12.5. The Kier molecular flexibility index (Phi) is 4.43. The molecule has 2 aromatic heterocycles. The van der Waals surface area contributed by atoms with Gasteiger partial charge in [-0.25, -0.2) is 4.98 Å². The van der Waals surface area contributed by atoms with Crippen LogP contribution < -0.4 is 5.32 Å². The molecule has 0 bridgehead atoms. The molecule has 0 radical (unpaired) electrons. The molecular weight excluding hydrogens is 316 g/mol. The van der Waals surface area contributed by atoms with Crippen LogP contribution in [0.1, 0.15) is 12.3 Å². The molecule has 1 N–H and O–H groups in total. The molecule has 0 aliphatic heterocycles. The lowest BCUT2D eigenvalue weighted by Gasteiger charge is -2.00. The average Bonchev–Trinajstić information content (AvgIpc) is 3.15. The fraction of sp³-hybridized carbons (Fsp3) is 0.188. The van der Waals surface area contributed by atoms with Gasteiger partial charge >= 0.3 is 0 Å². The van der Waals surface area contributed by atoms with E-state index >= 15 is 0 Å². The van der Waals surface area contributed by atoms with Gasteiger partial charge in [0.05, 0.1) is 11.2 Å². The minimum absolute atomic E-state index is 0.138. The number of carbonyl (C=O) groups excluding carboxylic acids is 1. The van der Waals surface area contributed by atoms with Crippen molar-refractivity contribution in [3.63, 3.8) is 0 Å². The summed E-state index contributed by atoms with van der Waals surface area (Å²) in [4.78, 5) is 16.1. The number of halogens is 1. The molecule has 3 rings (SSSR count). The van der Waals surface area contributed by atoms with Crippen LogP contribution in [0.4, 0.5) is 5.82 Å². The highest BCUT2D eigenvalue weighted by molar-refractivity contribution is 6.33. The van der Waals surface area contributed by atoms with Crippen molar-refractivity contribution >= 4 is 23.3 Å². The molecule has 1 aromatic carbocycles. The lowest BCUT2D eigenvalue weighted by molar-refractivity contribution is -0.116. The van der Waals surface area contributed by atoms with E-state index in [0.29, 0.717) is 28.9 Å². The van der Waals surface area contributed by atoms with E-state index in [1.807, 2.05) is 18.2 Å². The number of oxazole rings is 1. The normalized spacial score (nSPS) is 10.7. The minimum atomic E-state index is -0.138. The van der Waals surface area contributed by atoms with Crippen molar-refractivity contribution in [1.29, 1.82) is 0 Å². The summed E-state index contributed by atoms with van der Waals surface area (Å²) in [7, 11) is 1.79. The molecule has 0 aliphatic rings. The van der Waals surface area contributed by atoms with E-state index < -0.39 is 0 Å². The Morgan fingerprint density at radius 3 is 2.91 bits per heavy atom. The first-order valence-corrected chi connectivity index (χ1v) is 7.49. The highest BCUT2D eigenvalue weighted by Crippen LogP contribution is 2.28. The molecule has 1 amide bonds. The van der Waals surface area contributed by atoms with E-state index in [1.54, 1.807) is 36.3 Å². The zero-order valence-corrected chi connectivity index (χ0v) is 13.2. The van der Waals surface area contributed by atoms with Crippen LogP contribution in [0.15, 0.2) is 47.1 Å². The fourth-order valence-corrected chi connectivity index (χ4v) is 2.35. The first kappa shape index (κ1) is 15.3. The van der Waals surface area contributed by atoms with Crippen LogP contribution in [0, 0.1) is 0 Å². The monoisotopic (exact) mass is 330 g/mol. The van der Waals surface area contributed by atoms with Crippen LogP contribution in [-0.4, -0.2) is 20.7 Å². The molecule has 0 saturated carbocycles. The lowest BCUT2D eigenvalue weighted by atomic mass is 10.2. The van der Waals surface area contributed by atoms with Gasteiger partial charge in [0.2, 0.25) is 5.91 Å². The number of hydrogen-bond acceptors (Lipinski definition) is 4. The summed E-state index contributed by atoms with van der Waals surface area (Å²) in [5.41, 5.74) is 0.783. The van der Waals surface area contributed by atoms with Crippen LogP contribution in [0.2, 0.25) is 5.02 Å². The van der Waals surface area contributed by atoms with Gasteiger partial charge < -0.3 is 9.73 Å². The number of aromatic nitrogens is 3. The van der Waals surface area contributed by atoms with E-state index in [9.17, 15) is 4.79 Å². The number of hydrogen-bond donors (Lipinski definition) is 1. The molecular formula is C16H15ClN4O2. The van der Waals surface area contributed by atoms with Crippen LogP contribution >= 0.6 is 11.6 Å². The minimum Gasteiger partial charge on any atom is -0.441 e. The predicted octanol–water partition coefficient (Wildman–Crippen LogP) is 3.30. The highest BCUT2D eigenvalue weighted by atomic mass is 35.5. The summed E-state index contributed by atoms with van der Waals surface area (Å²) >= 11 is 6.13. The summed E-state index contributed by atoms with van der Waals surface area (Å²) in [6.07, 6.45) is 4.05. The first-order valence-electron chi connectivity index (χ1n) is 7.11. The van der Waals surface area contributed by atoms with Gasteiger partial charge in [-0.2, -0.15) is 5.10 Å². The number of benzene rings is 1. The standard InChI is InChI=1S/C16H15ClN4O2/c1-21-9-8-14(20-21)19-15(22)6-7-16-18-10-13(23-16)11-4-2-3-5-12(11)17/h2-5,8-10H,6-7H2,1H3,(H,19,20,22). The topological polar surface area (TPSA) is 73.0 Å². The van der Waals surface area contributed by atoms with Crippen molar-refractivity contribution in [3.05, 3.63) is 53.6 Å². The fourth-order valence-electron chi connectivity index (χ4n) is 2.12. The molecule has 0 spiro atoms. The van der Waals surface area contributed by atoms with Crippen molar-refractivity contribution in [2.24, 2.45) is 7.05 Å². The van der Waals surface area contributed by atoms with Gasteiger partial charge in [0.1, 0.15) is 0 Å². The quantitative estimate of drug-likeness (QED) is 0.779. The second-order valence-electron chi connectivity index (χ2n) is 5.02. The van der Waals surface area contributed by atoms with Crippen molar-refractivity contribution in [2.45, 2.75) is 12.8 Å². The Balaban J connectivity index is 1.59. The molecule has 0 fully saturated rings. The second-order valence-corrected chi connectivity index (χ2v) is 5.43. The average molecular weight is 331 g/mol. The predicted molar refractivity (Wildman–Crippen MR) is 87.1 cm³/mol. The van der Waals surface area contributed by atoms with Gasteiger partial charge in [0.25, 0.3) is 0 Å². The number of rotatable bonds is 5. The molecule has 23 heavy (non-hydrogen) atoms. The molecule has 3 aromatic rings. The van der Waals surface area contributed by atoms with E-state index in [2.05, 4.69) is 15.4 Å². The van der Waals surface area contributed by atoms with Crippen molar-refractivity contribution in [2.75, 3.05) is 5.32 Å².